The van der Waals surface area contributed by atoms with Crippen LogP contribution in [0.15, 0.2) is 46.4 Å². The van der Waals surface area contributed by atoms with Crippen LogP contribution < -0.4 is 0 Å². The minimum atomic E-state index is -1.87. The van der Waals surface area contributed by atoms with E-state index in [0.29, 0.717) is 16.9 Å². The first-order chi connectivity index (χ1) is 13.4. The maximum atomic E-state index is 12.7. The second-order valence-corrected chi connectivity index (χ2v) is 8.53. The highest BCUT2D eigenvalue weighted by atomic mass is 35.5. The molecule has 0 saturated carbocycles. The zero-order valence-electron chi connectivity index (χ0n) is 17.3. The van der Waals surface area contributed by atoms with Crippen LogP contribution in [0.2, 0.25) is 0 Å². The summed E-state index contributed by atoms with van der Waals surface area (Å²) >= 11 is 6.26. The summed E-state index contributed by atoms with van der Waals surface area (Å²) in [5.74, 6) is -2.09. The van der Waals surface area contributed by atoms with E-state index in [1.165, 1.54) is 20.1 Å². The van der Waals surface area contributed by atoms with Crippen molar-refractivity contribution < 1.29 is 29.6 Å². The summed E-state index contributed by atoms with van der Waals surface area (Å²) < 4.78 is 5.63. The minimum Gasteiger partial charge on any atom is -0.465 e. The average molecular weight is 425 g/mol. The van der Waals surface area contributed by atoms with Gasteiger partial charge in [-0.05, 0) is 32.9 Å². The third-order valence-corrected chi connectivity index (χ3v) is 6.21. The predicted molar refractivity (Wildman–Crippen MR) is 110 cm³/mol. The summed E-state index contributed by atoms with van der Waals surface area (Å²) in [4.78, 5) is 25.3. The molecule has 0 unspecified atom stereocenters. The molecule has 0 aromatic rings. The molecule has 0 saturated heterocycles. The highest BCUT2D eigenvalue weighted by molar-refractivity contribution is 6.45. The normalized spacial score (nSPS) is 28.9. The molecule has 7 heteroatoms. The van der Waals surface area contributed by atoms with Crippen molar-refractivity contribution >= 4 is 23.2 Å². The van der Waals surface area contributed by atoms with Gasteiger partial charge in [0.15, 0.2) is 0 Å². The smallest absolute Gasteiger partial charge is 0.206 e. The number of hydrogen-bond donors (Lipinski definition) is 3. The molecule has 3 N–H and O–H groups in total. The number of ketones is 2. The first kappa shape index (κ1) is 23.5. The lowest BCUT2D eigenvalue weighted by Gasteiger charge is -2.39. The third kappa shape index (κ3) is 4.89. The second kappa shape index (κ2) is 8.96. The van der Waals surface area contributed by atoms with Gasteiger partial charge in [-0.1, -0.05) is 31.5 Å². The lowest BCUT2D eigenvalue weighted by atomic mass is 9.69. The largest absolute Gasteiger partial charge is 0.465 e. The fraction of sp³-hybridized carbons (Fsp3) is 0.545. The van der Waals surface area contributed by atoms with Gasteiger partial charge in [0.2, 0.25) is 5.78 Å². The molecule has 2 rings (SSSR count). The summed E-state index contributed by atoms with van der Waals surface area (Å²) in [6.45, 7) is 8.00. The summed E-state index contributed by atoms with van der Waals surface area (Å²) in [5.41, 5.74) is -1.00. The molecule has 1 aliphatic carbocycles. The highest BCUT2D eigenvalue weighted by Crippen LogP contribution is 2.45. The van der Waals surface area contributed by atoms with Gasteiger partial charge >= 0.3 is 0 Å². The summed E-state index contributed by atoms with van der Waals surface area (Å²) in [5, 5.41) is 30.0. The number of aliphatic hydroxyl groups is 3. The zero-order valence-corrected chi connectivity index (χ0v) is 18.1. The van der Waals surface area contributed by atoms with Gasteiger partial charge in [0.1, 0.15) is 17.1 Å². The van der Waals surface area contributed by atoms with E-state index in [-0.39, 0.29) is 23.2 Å². The van der Waals surface area contributed by atoms with Crippen molar-refractivity contribution in [1.29, 1.82) is 0 Å². The van der Waals surface area contributed by atoms with Crippen molar-refractivity contribution in [3.8, 4) is 0 Å². The number of fused-ring (bicyclic) bond motifs is 1. The second-order valence-electron chi connectivity index (χ2n) is 8.15. The van der Waals surface area contributed by atoms with Crippen LogP contribution in [0, 0.1) is 17.8 Å². The molecular formula is C22H29ClO6. The molecule has 0 aromatic heterocycles. The van der Waals surface area contributed by atoms with Crippen LogP contribution in [0.3, 0.4) is 0 Å². The van der Waals surface area contributed by atoms with Crippen molar-refractivity contribution in [2.45, 2.75) is 58.8 Å². The number of aliphatic hydroxyl groups excluding tert-OH is 2. The SMILES string of the molecule is C[C@H](O)[C@H](C)C(=O)C[C@H]1C2=COC(C=C[C@@H](C)[C@@H](C)O)=CC2=C(Cl)C(=O)[C@@]1(C)O. The topological polar surface area (TPSA) is 104 Å². The Balaban J connectivity index is 2.38. The van der Waals surface area contributed by atoms with E-state index in [2.05, 4.69) is 0 Å². The molecule has 0 aromatic carbocycles. The maximum Gasteiger partial charge on any atom is 0.206 e. The molecule has 6 atom stereocenters. The molecular weight excluding hydrogens is 396 g/mol. The lowest BCUT2D eigenvalue weighted by Crippen LogP contribution is -2.49. The Kier molecular flexibility index (Phi) is 7.28. The molecule has 29 heavy (non-hydrogen) atoms. The molecule has 0 amide bonds. The number of carbonyl (C=O) groups excluding carboxylic acids is 2. The highest BCUT2D eigenvalue weighted by Gasteiger charge is 2.49. The Morgan fingerprint density at radius 3 is 2.45 bits per heavy atom. The van der Waals surface area contributed by atoms with Gasteiger partial charge in [-0.25, -0.2) is 0 Å². The molecule has 0 bridgehead atoms. The lowest BCUT2D eigenvalue weighted by molar-refractivity contribution is -0.138. The van der Waals surface area contributed by atoms with Crippen LogP contribution in [-0.4, -0.2) is 44.7 Å². The zero-order chi connectivity index (χ0) is 22.1. The first-order valence-corrected chi connectivity index (χ1v) is 10.1. The van der Waals surface area contributed by atoms with Crippen molar-refractivity contribution in [3.63, 3.8) is 0 Å². The molecule has 0 radical (unpaired) electrons. The monoisotopic (exact) mass is 424 g/mol. The van der Waals surface area contributed by atoms with Crippen LogP contribution in [0.1, 0.15) is 41.0 Å². The van der Waals surface area contributed by atoms with E-state index in [1.54, 1.807) is 32.1 Å². The van der Waals surface area contributed by atoms with Crippen molar-refractivity contribution in [2.24, 2.45) is 17.8 Å². The van der Waals surface area contributed by atoms with E-state index in [1.807, 2.05) is 6.92 Å². The number of halogens is 1. The molecule has 2 aliphatic rings. The quantitative estimate of drug-likeness (QED) is 0.580. The molecule has 0 fully saturated rings. The number of allylic oxidation sites excluding steroid dienone is 3. The van der Waals surface area contributed by atoms with Crippen LogP contribution in [-0.2, 0) is 14.3 Å². The summed E-state index contributed by atoms with van der Waals surface area (Å²) in [7, 11) is 0. The van der Waals surface area contributed by atoms with Crippen LogP contribution in [0.4, 0.5) is 0 Å². The van der Waals surface area contributed by atoms with E-state index in [0.717, 1.165) is 0 Å². The Labute approximate surface area is 176 Å². The van der Waals surface area contributed by atoms with E-state index >= 15 is 0 Å². The minimum absolute atomic E-state index is 0.102. The standard InChI is InChI=1S/C22H29ClO6/c1-11(13(3)24)6-7-15-8-16-17(10-29-15)18(9-19(26)12(2)14(4)25)22(5,28)21(27)20(16)23/h6-8,10-14,18,24-25,28H,9H2,1-5H3/t11-,12+,13-,14+,18+,22+/m1/s1. The van der Waals surface area contributed by atoms with E-state index in [9.17, 15) is 24.9 Å². The fourth-order valence-electron chi connectivity index (χ4n) is 3.18. The Morgan fingerprint density at radius 2 is 1.90 bits per heavy atom. The van der Waals surface area contributed by atoms with Crippen molar-refractivity contribution in [1.82, 2.24) is 0 Å². The number of Topliss-reactive ketones (excluding diaryl/α,β-unsaturated/α-hetero) is 2. The van der Waals surface area contributed by atoms with E-state index in [4.69, 9.17) is 16.3 Å². The molecule has 1 heterocycles. The molecule has 0 spiro atoms. The van der Waals surface area contributed by atoms with Crippen LogP contribution in [0.5, 0.6) is 0 Å². The Bertz CT molecular complexity index is 800. The van der Waals surface area contributed by atoms with Gasteiger partial charge in [-0.2, -0.15) is 0 Å². The number of carbonyl (C=O) groups is 2. The van der Waals surface area contributed by atoms with Crippen LogP contribution >= 0.6 is 11.6 Å². The van der Waals surface area contributed by atoms with Gasteiger partial charge in [0.25, 0.3) is 0 Å². The summed E-state index contributed by atoms with van der Waals surface area (Å²) in [6, 6.07) is 0. The van der Waals surface area contributed by atoms with E-state index < -0.39 is 35.4 Å². The maximum absolute atomic E-state index is 12.7. The van der Waals surface area contributed by atoms with Gasteiger partial charge in [0.05, 0.1) is 23.5 Å². The van der Waals surface area contributed by atoms with Crippen molar-refractivity contribution in [3.05, 3.63) is 46.4 Å². The average Bonchev–Trinajstić information content (AvgIpc) is 2.66. The fourth-order valence-corrected chi connectivity index (χ4v) is 3.53. The molecule has 160 valence electrons. The number of rotatable bonds is 7. The van der Waals surface area contributed by atoms with Gasteiger partial charge in [0, 0.05) is 35.3 Å². The summed E-state index contributed by atoms with van der Waals surface area (Å²) in [6.07, 6.45) is 4.94. The van der Waals surface area contributed by atoms with Gasteiger partial charge in [-0.15, -0.1) is 0 Å². The molecule has 1 aliphatic heterocycles. The van der Waals surface area contributed by atoms with Gasteiger partial charge in [-0.3, -0.25) is 9.59 Å². The molecule has 6 nitrogen and oxygen atoms in total. The first-order valence-electron chi connectivity index (χ1n) is 9.70. The number of hydrogen-bond acceptors (Lipinski definition) is 6. The number of ether oxygens (including phenoxy) is 1. The van der Waals surface area contributed by atoms with Crippen LogP contribution in [0.25, 0.3) is 0 Å². The van der Waals surface area contributed by atoms with Gasteiger partial charge < -0.3 is 20.1 Å². The predicted octanol–water partition coefficient (Wildman–Crippen LogP) is 2.78. The Hall–Kier alpha value is -1.73. The van der Waals surface area contributed by atoms with Crippen molar-refractivity contribution in [2.75, 3.05) is 0 Å². The Morgan fingerprint density at radius 1 is 1.28 bits per heavy atom. The third-order valence-electron chi connectivity index (χ3n) is 5.83.